The Kier molecular flexibility index (Phi) is 6.83. The molecule has 9 heteroatoms. The topological polar surface area (TPSA) is 111 Å². The zero-order valence-corrected chi connectivity index (χ0v) is 17.7. The zero-order valence-electron chi connectivity index (χ0n) is 16.1. The lowest BCUT2D eigenvalue weighted by Crippen LogP contribution is -2.47. The average Bonchev–Trinajstić information content (AvgIpc) is 2.76. The SMILES string of the molecule is COc1ccccc1C(=CNC(=O)c1ccc([N+](=O)[O-])cc1)C(=O)NC1CCC1Br. The number of benzene rings is 2. The molecule has 2 N–H and O–H groups in total. The molecule has 0 bridgehead atoms. The Morgan fingerprint density at radius 1 is 1.17 bits per heavy atom. The highest BCUT2D eigenvalue weighted by Crippen LogP contribution is 2.30. The number of amides is 2. The predicted octanol–water partition coefficient (Wildman–Crippen LogP) is 3.42. The quantitative estimate of drug-likeness (QED) is 0.277. The van der Waals surface area contributed by atoms with Crippen LogP contribution in [0.25, 0.3) is 5.57 Å². The number of nitro benzene ring substituents is 1. The summed E-state index contributed by atoms with van der Waals surface area (Å²) in [6, 6.07) is 12.2. The second kappa shape index (κ2) is 9.53. The highest BCUT2D eigenvalue weighted by Gasteiger charge is 2.31. The summed E-state index contributed by atoms with van der Waals surface area (Å²) in [6.07, 6.45) is 3.18. The van der Waals surface area contributed by atoms with E-state index in [4.69, 9.17) is 4.74 Å². The number of ether oxygens (including phenoxy) is 1. The smallest absolute Gasteiger partial charge is 0.269 e. The van der Waals surface area contributed by atoms with Crippen LogP contribution < -0.4 is 15.4 Å². The van der Waals surface area contributed by atoms with Crippen molar-refractivity contribution >= 4 is 39.0 Å². The lowest BCUT2D eigenvalue weighted by Gasteiger charge is -2.33. The van der Waals surface area contributed by atoms with E-state index in [2.05, 4.69) is 26.6 Å². The van der Waals surface area contributed by atoms with Gasteiger partial charge in [0.15, 0.2) is 0 Å². The van der Waals surface area contributed by atoms with Gasteiger partial charge >= 0.3 is 0 Å². The monoisotopic (exact) mass is 473 g/mol. The van der Waals surface area contributed by atoms with Crippen molar-refractivity contribution in [2.75, 3.05) is 7.11 Å². The lowest BCUT2D eigenvalue weighted by molar-refractivity contribution is -0.384. The van der Waals surface area contributed by atoms with Crippen molar-refractivity contribution in [1.82, 2.24) is 10.6 Å². The summed E-state index contributed by atoms with van der Waals surface area (Å²) in [4.78, 5) is 35.9. The number of para-hydroxylation sites is 1. The second-order valence-electron chi connectivity index (χ2n) is 6.71. The van der Waals surface area contributed by atoms with Crippen LogP contribution in [0.4, 0.5) is 5.69 Å². The molecule has 156 valence electrons. The first-order valence-electron chi connectivity index (χ1n) is 9.24. The first-order valence-corrected chi connectivity index (χ1v) is 10.2. The fourth-order valence-corrected chi connectivity index (χ4v) is 3.62. The van der Waals surface area contributed by atoms with Gasteiger partial charge in [0.2, 0.25) is 0 Å². The van der Waals surface area contributed by atoms with E-state index in [0.29, 0.717) is 11.3 Å². The Balaban J connectivity index is 1.85. The van der Waals surface area contributed by atoms with Gasteiger partial charge in [-0.05, 0) is 31.0 Å². The maximum absolute atomic E-state index is 12.9. The molecule has 2 amide bonds. The summed E-state index contributed by atoms with van der Waals surface area (Å²) in [5.74, 6) is -0.336. The van der Waals surface area contributed by atoms with E-state index in [1.807, 2.05) is 0 Å². The van der Waals surface area contributed by atoms with Crippen LogP contribution in [0, 0.1) is 10.1 Å². The van der Waals surface area contributed by atoms with Gasteiger partial charge in [-0.3, -0.25) is 19.7 Å². The second-order valence-corrected chi connectivity index (χ2v) is 7.89. The summed E-state index contributed by atoms with van der Waals surface area (Å²) in [5.41, 5.74) is 0.901. The molecule has 1 fully saturated rings. The van der Waals surface area contributed by atoms with Gasteiger partial charge < -0.3 is 15.4 Å². The van der Waals surface area contributed by atoms with Crippen LogP contribution in [0.3, 0.4) is 0 Å². The van der Waals surface area contributed by atoms with Gasteiger partial charge in [-0.2, -0.15) is 0 Å². The number of nitro groups is 1. The standard InChI is InChI=1S/C21H20BrN3O5/c1-30-19-5-3-2-4-15(19)16(21(27)24-18-11-10-17(18)22)12-23-20(26)13-6-8-14(9-7-13)25(28)29/h2-9,12,17-18H,10-11H2,1H3,(H,23,26)(H,24,27). The van der Waals surface area contributed by atoms with Crippen molar-refractivity contribution in [2.24, 2.45) is 0 Å². The Labute approximate surface area is 181 Å². The van der Waals surface area contributed by atoms with Gasteiger partial charge in [0.25, 0.3) is 17.5 Å². The first kappa shape index (κ1) is 21.5. The Morgan fingerprint density at radius 2 is 1.87 bits per heavy atom. The molecule has 0 saturated heterocycles. The molecule has 2 aromatic carbocycles. The van der Waals surface area contributed by atoms with E-state index in [0.717, 1.165) is 12.8 Å². The van der Waals surface area contributed by atoms with Crippen LogP contribution in [0.5, 0.6) is 5.75 Å². The number of nitrogens with zero attached hydrogens (tertiary/aromatic N) is 1. The van der Waals surface area contributed by atoms with Gasteiger partial charge in [-0.1, -0.05) is 34.1 Å². The van der Waals surface area contributed by atoms with E-state index in [1.165, 1.54) is 37.6 Å². The molecule has 1 saturated carbocycles. The number of halogens is 1. The Morgan fingerprint density at radius 3 is 2.43 bits per heavy atom. The minimum atomic E-state index is -0.538. The molecule has 2 aromatic rings. The molecule has 8 nitrogen and oxygen atoms in total. The Bertz CT molecular complexity index is 990. The fourth-order valence-electron chi connectivity index (χ4n) is 2.96. The van der Waals surface area contributed by atoms with Crippen LogP contribution in [-0.2, 0) is 4.79 Å². The van der Waals surface area contributed by atoms with Crippen molar-refractivity contribution in [1.29, 1.82) is 0 Å². The van der Waals surface area contributed by atoms with Crippen molar-refractivity contribution < 1.29 is 19.2 Å². The van der Waals surface area contributed by atoms with Crippen molar-refractivity contribution in [3.8, 4) is 5.75 Å². The lowest BCUT2D eigenvalue weighted by atomic mass is 9.92. The molecule has 30 heavy (non-hydrogen) atoms. The maximum Gasteiger partial charge on any atom is 0.269 e. The summed E-state index contributed by atoms with van der Waals surface area (Å²) in [5, 5.41) is 16.3. The molecular weight excluding hydrogens is 454 g/mol. The van der Waals surface area contributed by atoms with Gasteiger partial charge in [0.1, 0.15) is 5.75 Å². The molecule has 3 rings (SSSR count). The van der Waals surface area contributed by atoms with Crippen LogP contribution >= 0.6 is 15.9 Å². The molecule has 0 radical (unpaired) electrons. The van der Waals surface area contributed by atoms with Gasteiger partial charge in [0, 0.05) is 40.3 Å². The number of alkyl halides is 1. The number of carbonyl (C=O) groups is 2. The molecule has 0 spiro atoms. The summed E-state index contributed by atoms with van der Waals surface area (Å²) < 4.78 is 5.36. The zero-order chi connectivity index (χ0) is 21.7. The first-order chi connectivity index (χ1) is 14.4. The molecule has 0 heterocycles. The molecule has 2 atom stereocenters. The minimum absolute atomic E-state index is 0.0148. The summed E-state index contributed by atoms with van der Waals surface area (Å²) in [7, 11) is 1.50. The average molecular weight is 474 g/mol. The molecule has 0 aromatic heterocycles. The van der Waals surface area contributed by atoms with Crippen molar-refractivity contribution in [3.63, 3.8) is 0 Å². The highest BCUT2D eigenvalue weighted by molar-refractivity contribution is 9.09. The number of non-ortho nitro benzene ring substituents is 1. The molecule has 1 aliphatic rings. The fraction of sp³-hybridized carbons (Fsp3) is 0.238. The summed E-state index contributed by atoms with van der Waals surface area (Å²) >= 11 is 3.52. The number of hydrogen-bond acceptors (Lipinski definition) is 5. The van der Waals surface area contributed by atoms with Crippen LogP contribution in [-0.4, -0.2) is 34.7 Å². The third kappa shape index (κ3) is 4.85. The molecule has 0 aliphatic heterocycles. The van der Waals surface area contributed by atoms with E-state index >= 15 is 0 Å². The minimum Gasteiger partial charge on any atom is -0.496 e. The van der Waals surface area contributed by atoms with E-state index in [1.54, 1.807) is 24.3 Å². The van der Waals surface area contributed by atoms with Gasteiger partial charge in [-0.15, -0.1) is 0 Å². The van der Waals surface area contributed by atoms with Crippen LogP contribution in [0.1, 0.15) is 28.8 Å². The predicted molar refractivity (Wildman–Crippen MR) is 115 cm³/mol. The normalized spacial score (nSPS) is 18.1. The highest BCUT2D eigenvalue weighted by atomic mass is 79.9. The number of hydrogen-bond donors (Lipinski definition) is 2. The van der Waals surface area contributed by atoms with Crippen molar-refractivity contribution in [3.05, 3.63) is 76.0 Å². The van der Waals surface area contributed by atoms with Crippen LogP contribution in [0.2, 0.25) is 0 Å². The largest absolute Gasteiger partial charge is 0.496 e. The van der Waals surface area contributed by atoms with E-state index < -0.39 is 10.8 Å². The summed E-state index contributed by atoms with van der Waals surface area (Å²) in [6.45, 7) is 0. The van der Waals surface area contributed by atoms with Gasteiger partial charge in [-0.25, -0.2) is 0 Å². The van der Waals surface area contributed by atoms with Crippen LogP contribution in [0.15, 0.2) is 54.7 Å². The third-order valence-corrected chi connectivity index (χ3v) is 5.93. The number of rotatable bonds is 7. The number of methoxy groups -OCH3 is 1. The number of carbonyl (C=O) groups excluding carboxylic acids is 2. The molecule has 2 unspecified atom stereocenters. The van der Waals surface area contributed by atoms with Gasteiger partial charge in [0.05, 0.1) is 17.6 Å². The number of nitrogens with one attached hydrogen (secondary N) is 2. The van der Waals surface area contributed by atoms with E-state index in [-0.39, 0.29) is 33.6 Å². The third-order valence-electron chi connectivity index (χ3n) is 4.84. The van der Waals surface area contributed by atoms with E-state index in [9.17, 15) is 19.7 Å². The van der Waals surface area contributed by atoms with Crippen molar-refractivity contribution in [2.45, 2.75) is 23.7 Å². The Hall–Kier alpha value is -3.20. The molecular formula is C21H20BrN3O5. The maximum atomic E-state index is 12.9. The molecule has 1 aliphatic carbocycles.